The van der Waals surface area contributed by atoms with Crippen LogP contribution in [-0.4, -0.2) is 40.4 Å². The van der Waals surface area contributed by atoms with E-state index in [-0.39, 0.29) is 6.10 Å². The van der Waals surface area contributed by atoms with Gasteiger partial charge in [0.2, 0.25) is 0 Å². The van der Waals surface area contributed by atoms with E-state index in [4.69, 9.17) is 23.4 Å². The minimum absolute atomic E-state index is 0.170. The molecule has 3 aromatic carbocycles. The molecule has 1 aliphatic rings. The molecule has 40 heavy (non-hydrogen) atoms. The van der Waals surface area contributed by atoms with Gasteiger partial charge in [-0.25, -0.2) is 0 Å². The Morgan fingerprint density at radius 1 is 0.900 bits per heavy atom. The molecule has 1 aliphatic heterocycles. The molecule has 1 heterocycles. The minimum atomic E-state index is -1.98. The summed E-state index contributed by atoms with van der Waals surface area (Å²) in [5.41, 5.74) is 4.23. The molecule has 4 rings (SSSR count). The molecule has 0 radical (unpaired) electrons. The molecular weight excluding hydrogens is 520 g/mol. The number of aliphatic hydroxyl groups is 1. The van der Waals surface area contributed by atoms with E-state index in [1.54, 1.807) is 14.2 Å². The highest BCUT2D eigenvalue weighted by Crippen LogP contribution is 2.48. The van der Waals surface area contributed by atoms with Crippen LogP contribution in [-0.2, 0) is 22.2 Å². The predicted octanol–water partition coefficient (Wildman–Crippen LogP) is 7.95. The largest absolute Gasteiger partial charge is 0.496 e. The third-order valence-electron chi connectivity index (χ3n) is 8.48. The Morgan fingerprint density at radius 3 is 2.12 bits per heavy atom. The van der Waals surface area contributed by atoms with E-state index >= 15 is 0 Å². The second-order valence-corrected chi connectivity index (χ2v) is 17.2. The van der Waals surface area contributed by atoms with Crippen molar-refractivity contribution in [3.63, 3.8) is 0 Å². The van der Waals surface area contributed by atoms with Crippen LogP contribution in [0.15, 0.2) is 48.5 Å². The zero-order chi connectivity index (χ0) is 29.0. The van der Waals surface area contributed by atoms with Crippen molar-refractivity contribution in [3.8, 4) is 17.2 Å². The van der Waals surface area contributed by atoms with Crippen LogP contribution in [0.5, 0.6) is 17.2 Å². The molecule has 1 N–H and O–H groups in total. The zero-order valence-electron chi connectivity index (χ0n) is 25.3. The summed E-state index contributed by atoms with van der Waals surface area (Å²) in [5.74, 6) is 1.95. The molecule has 0 fully saturated rings. The SMILES string of the molecule is COc1ccc(OC)c2c(OCc3ccccc3)c3c(cc12)CC(CCO[Si](C(C)C)(C(C)C)C(C)C)OC3O. The number of hydrogen-bond donors (Lipinski definition) is 1. The van der Waals surface area contributed by atoms with E-state index in [1.807, 2.05) is 42.5 Å². The van der Waals surface area contributed by atoms with Gasteiger partial charge in [-0.3, -0.25) is 0 Å². The first-order valence-electron chi connectivity index (χ1n) is 14.5. The van der Waals surface area contributed by atoms with Crippen LogP contribution in [0.1, 0.15) is 70.9 Å². The van der Waals surface area contributed by atoms with Gasteiger partial charge in [-0.15, -0.1) is 0 Å². The third kappa shape index (κ3) is 5.89. The maximum atomic E-state index is 11.4. The monoisotopic (exact) mass is 566 g/mol. The van der Waals surface area contributed by atoms with Crippen LogP contribution in [0, 0.1) is 0 Å². The molecule has 0 saturated carbocycles. The van der Waals surface area contributed by atoms with Crippen molar-refractivity contribution < 1.29 is 28.5 Å². The summed E-state index contributed by atoms with van der Waals surface area (Å²) < 4.78 is 31.0. The van der Waals surface area contributed by atoms with Crippen molar-refractivity contribution in [1.82, 2.24) is 0 Å². The van der Waals surface area contributed by atoms with Crippen molar-refractivity contribution in [1.29, 1.82) is 0 Å². The van der Waals surface area contributed by atoms with Crippen molar-refractivity contribution in [3.05, 3.63) is 65.2 Å². The van der Waals surface area contributed by atoms with Gasteiger partial charge in [0, 0.05) is 12.0 Å². The third-order valence-corrected chi connectivity index (χ3v) is 14.6. The highest BCUT2D eigenvalue weighted by molar-refractivity contribution is 6.77. The Labute approximate surface area is 240 Å². The van der Waals surface area contributed by atoms with E-state index in [2.05, 4.69) is 47.6 Å². The first-order valence-corrected chi connectivity index (χ1v) is 16.6. The van der Waals surface area contributed by atoms with Crippen LogP contribution < -0.4 is 14.2 Å². The van der Waals surface area contributed by atoms with Gasteiger partial charge in [0.25, 0.3) is 0 Å². The summed E-state index contributed by atoms with van der Waals surface area (Å²) in [7, 11) is 1.32. The second kappa shape index (κ2) is 12.9. The van der Waals surface area contributed by atoms with Crippen molar-refractivity contribution >= 4 is 19.1 Å². The summed E-state index contributed by atoms with van der Waals surface area (Å²) in [5, 5.41) is 13.0. The van der Waals surface area contributed by atoms with Crippen LogP contribution in [0.2, 0.25) is 16.6 Å². The molecule has 0 bridgehead atoms. The van der Waals surface area contributed by atoms with Gasteiger partial charge in [0.05, 0.1) is 31.3 Å². The van der Waals surface area contributed by atoms with Crippen molar-refractivity contribution in [2.24, 2.45) is 0 Å². The summed E-state index contributed by atoms with van der Waals surface area (Å²) in [6, 6.07) is 15.9. The molecule has 0 aromatic heterocycles. The van der Waals surface area contributed by atoms with Crippen molar-refractivity contribution in [2.75, 3.05) is 20.8 Å². The number of methoxy groups -OCH3 is 2. The number of rotatable bonds is 12. The van der Waals surface area contributed by atoms with Gasteiger partial charge in [-0.05, 0) is 58.8 Å². The molecule has 2 atom stereocenters. The van der Waals surface area contributed by atoms with Gasteiger partial charge in [0.15, 0.2) is 14.6 Å². The average molecular weight is 567 g/mol. The van der Waals surface area contributed by atoms with E-state index in [0.717, 1.165) is 27.6 Å². The molecule has 0 amide bonds. The molecule has 0 spiro atoms. The second-order valence-electron chi connectivity index (χ2n) is 11.7. The predicted molar refractivity (Wildman–Crippen MR) is 163 cm³/mol. The Morgan fingerprint density at radius 2 is 1.52 bits per heavy atom. The maximum Gasteiger partial charge on any atom is 0.200 e. The summed E-state index contributed by atoms with van der Waals surface area (Å²) in [6.07, 6.45) is 0.0666. The Balaban J connectivity index is 1.68. The lowest BCUT2D eigenvalue weighted by atomic mass is 9.91. The first kappa shape index (κ1) is 30.4. The molecule has 7 heteroatoms. The lowest BCUT2D eigenvalue weighted by Crippen LogP contribution is -2.48. The zero-order valence-corrected chi connectivity index (χ0v) is 26.3. The topological polar surface area (TPSA) is 66.4 Å². The van der Waals surface area contributed by atoms with Gasteiger partial charge >= 0.3 is 0 Å². The fraction of sp³-hybridized carbons (Fsp3) is 0.515. The van der Waals surface area contributed by atoms with E-state index < -0.39 is 14.6 Å². The molecular formula is C33H46O6Si. The quantitative estimate of drug-likeness (QED) is 0.224. The molecule has 2 unspecified atom stereocenters. The van der Waals surface area contributed by atoms with E-state index in [0.29, 0.717) is 59.7 Å². The van der Waals surface area contributed by atoms with Gasteiger partial charge in [0.1, 0.15) is 23.9 Å². The highest BCUT2D eigenvalue weighted by atomic mass is 28.4. The Hall–Kier alpha value is -2.58. The summed E-state index contributed by atoms with van der Waals surface area (Å²) in [6.45, 7) is 14.8. The van der Waals surface area contributed by atoms with Gasteiger partial charge < -0.3 is 28.5 Å². The number of hydrogen-bond acceptors (Lipinski definition) is 6. The normalized spacial score (nSPS) is 17.5. The fourth-order valence-corrected chi connectivity index (χ4v) is 12.2. The molecule has 0 aliphatic carbocycles. The Kier molecular flexibility index (Phi) is 9.83. The van der Waals surface area contributed by atoms with Crippen LogP contribution in [0.25, 0.3) is 10.8 Å². The molecule has 0 saturated heterocycles. The number of fused-ring (bicyclic) bond motifs is 2. The maximum absolute atomic E-state index is 11.4. The number of benzene rings is 3. The minimum Gasteiger partial charge on any atom is -0.496 e. The Bertz CT molecular complexity index is 1250. The van der Waals surface area contributed by atoms with Gasteiger partial charge in [-0.1, -0.05) is 71.9 Å². The smallest absolute Gasteiger partial charge is 0.200 e. The van der Waals surface area contributed by atoms with E-state index in [9.17, 15) is 5.11 Å². The highest BCUT2D eigenvalue weighted by Gasteiger charge is 2.45. The summed E-state index contributed by atoms with van der Waals surface area (Å²) >= 11 is 0. The molecule has 3 aromatic rings. The average Bonchev–Trinajstić information content (AvgIpc) is 2.92. The first-order chi connectivity index (χ1) is 19.1. The van der Waals surface area contributed by atoms with Crippen molar-refractivity contribution in [2.45, 2.75) is 90.0 Å². The van der Waals surface area contributed by atoms with Crippen LogP contribution >= 0.6 is 0 Å². The number of ether oxygens (including phenoxy) is 4. The molecule has 218 valence electrons. The van der Waals surface area contributed by atoms with Gasteiger partial charge in [-0.2, -0.15) is 0 Å². The van der Waals surface area contributed by atoms with Crippen LogP contribution in [0.3, 0.4) is 0 Å². The van der Waals surface area contributed by atoms with E-state index in [1.165, 1.54) is 0 Å². The fourth-order valence-electron chi connectivity index (χ4n) is 6.74. The lowest BCUT2D eigenvalue weighted by Gasteiger charge is -2.42. The standard InChI is InChI=1S/C33H46O6Si/c1-21(2)40(22(3)4,23(5)6)38-17-16-26-18-25-19-27-28(35-7)14-15-29(36-8)31(27)32(30(25)33(34)39-26)37-20-24-12-10-9-11-13-24/h9-15,19,21-23,26,33-34H,16-18,20H2,1-8H3. The number of aliphatic hydroxyl groups excluding tert-OH is 1. The molecule has 6 nitrogen and oxygen atoms in total. The lowest BCUT2D eigenvalue weighted by molar-refractivity contribution is -0.153. The van der Waals surface area contributed by atoms with Crippen LogP contribution in [0.4, 0.5) is 0 Å². The summed E-state index contributed by atoms with van der Waals surface area (Å²) in [4.78, 5) is 0.